The number of hydrogen-bond acceptors (Lipinski definition) is 3. The van der Waals surface area contributed by atoms with E-state index in [-0.39, 0.29) is 6.10 Å². The molecular formula is C15H22N2O2. The standard InChI is InChI=1S/C15H22N2O2/c18-14-5-7-15(8-6-14)19-11-12-9-10-17(16-12)13-3-1-2-4-13/h9-10,13,15H,1-8,11H2. The summed E-state index contributed by atoms with van der Waals surface area (Å²) in [6.07, 6.45) is 10.6. The zero-order valence-corrected chi connectivity index (χ0v) is 11.4. The van der Waals surface area contributed by atoms with E-state index in [0.717, 1.165) is 18.5 Å². The van der Waals surface area contributed by atoms with E-state index in [1.807, 2.05) is 0 Å². The Labute approximate surface area is 114 Å². The van der Waals surface area contributed by atoms with E-state index in [2.05, 4.69) is 22.0 Å². The SMILES string of the molecule is O=C1CCC(OCc2ccn(C3CCCC3)n2)CC1. The lowest BCUT2D eigenvalue weighted by molar-refractivity contribution is -0.123. The molecule has 0 saturated heterocycles. The third kappa shape index (κ3) is 3.24. The summed E-state index contributed by atoms with van der Waals surface area (Å²) >= 11 is 0. The van der Waals surface area contributed by atoms with Gasteiger partial charge in [0.1, 0.15) is 5.78 Å². The summed E-state index contributed by atoms with van der Waals surface area (Å²) in [5.74, 6) is 0.380. The fourth-order valence-corrected chi connectivity index (χ4v) is 3.11. The molecular weight excluding hydrogens is 240 g/mol. The van der Waals surface area contributed by atoms with Crippen molar-refractivity contribution in [2.75, 3.05) is 0 Å². The molecule has 0 aromatic carbocycles. The molecule has 0 spiro atoms. The number of rotatable bonds is 4. The first-order valence-corrected chi connectivity index (χ1v) is 7.48. The topological polar surface area (TPSA) is 44.1 Å². The highest BCUT2D eigenvalue weighted by molar-refractivity contribution is 5.79. The van der Waals surface area contributed by atoms with Crippen molar-refractivity contribution in [2.24, 2.45) is 0 Å². The Balaban J connectivity index is 1.48. The van der Waals surface area contributed by atoms with Crippen LogP contribution in [0.3, 0.4) is 0 Å². The van der Waals surface area contributed by atoms with Gasteiger partial charge in [0, 0.05) is 19.0 Å². The number of ketones is 1. The number of ether oxygens (including phenoxy) is 1. The molecule has 3 rings (SSSR count). The monoisotopic (exact) mass is 262 g/mol. The molecule has 0 unspecified atom stereocenters. The van der Waals surface area contributed by atoms with Gasteiger partial charge in [-0.25, -0.2) is 0 Å². The molecule has 4 heteroatoms. The average Bonchev–Trinajstić information content (AvgIpc) is 3.09. The van der Waals surface area contributed by atoms with Gasteiger partial charge in [0.2, 0.25) is 0 Å². The second-order valence-corrected chi connectivity index (χ2v) is 5.77. The maximum Gasteiger partial charge on any atom is 0.133 e. The molecule has 104 valence electrons. The van der Waals surface area contributed by atoms with Crippen molar-refractivity contribution in [1.82, 2.24) is 9.78 Å². The molecule has 2 aliphatic rings. The highest BCUT2D eigenvalue weighted by atomic mass is 16.5. The zero-order chi connectivity index (χ0) is 13.1. The van der Waals surface area contributed by atoms with Gasteiger partial charge in [-0.3, -0.25) is 9.48 Å². The number of hydrogen-bond donors (Lipinski definition) is 0. The van der Waals surface area contributed by atoms with Gasteiger partial charge < -0.3 is 4.74 Å². The molecule has 2 aliphatic carbocycles. The molecule has 4 nitrogen and oxygen atoms in total. The Morgan fingerprint density at radius 3 is 2.68 bits per heavy atom. The van der Waals surface area contributed by atoms with Crippen LogP contribution in [0.2, 0.25) is 0 Å². The maximum absolute atomic E-state index is 11.2. The van der Waals surface area contributed by atoms with Gasteiger partial charge in [-0.1, -0.05) is 12.8 Å². The van der Waals surface area contributed by atoms with Crippen LogP contribution in [-0.4, -0.2) is 21.7 Å². The minimum Gasteiger partial charge on any atom is -0.372 e. The lowest BCUT2D eigenvalue weighted by Gasteiger charge is -2.20. The first kappa shape index (κ1) is 12.9. The van der Waals surface area contributed by atoms with Crippen molar-refractivity contribution in [3.05, 3.63) is 18.0 Å². The summed E-state index contributed by atoms with van der Waals surface area (Å²) < 4.78 is 7.97. The van der Waals surface area contributed by atoms with Crippen molar-refractivity contribution >= 4 is 5.78 Å². The summed E-state index contributed by atoms with van der Waals surface area (Å²) in [5, 5.41) is 4.62. The quantitative estimate of drug-likeness (QED) is 0.837. The summed E-state index contributed by atoms with van der Waals surface area (Å²) in [6.45, 7) is 0.582. The van der Waals surface area contributed by atoms with E-state index >= 15 is 0 Å². The van der Waals surface area contributed by atoms with E-state index in [4.69, 9.17) is 4.74 Å². The average molecular weight is 262 g/mol. The molecule has 2 fully saturated rings. The second kappa shape index (κ2) is 5.87. The molecule has 19 heavy (non-hydrogen) atoms. The van der Waals surface area contributed by atoms with Gasteiger partial charge >= 0.3 is 0 Å². The van der Waals surface area contributed by atoms with Crippen molar-refractivity contribution in [1.29, 1.82) is 0 Å². The Morgan fingerprint density at radius 2 is 1.95 bits per heavy atom. The molecule has 1 aromatic heterocycles. The Morgan fingerprint density at radius 1 is 1.21 bits per heavy atom. The Bertz CT molecular complexity index is 425. The lowest BCUT2D eigenvalue weighted by atomic mass is 9.96. The molecule has 2 saturated carbocycles. The predicted octanol–water partition coefficient (Wildman–Crippen LogP) is 3.03. The molecule has 0 amide bonds. The first-order valence-electron chi connectivity index (χ1n) is 7.48. The van der Waals surface area contributed by atoms with Crippen LogP contribution in [0.15, 0.2) is 12.3 Å². The smallest absolute Gasteiger partial charge is 0.133 e. The fraction of sp³-hybridized carbons (Fsp3) is 0.733. The van der Waals surface area contributed by atoms with Gasteiger partial charge in [-0.2, -0.15) is 5.10 Å². The summed E-state index contributed by atoms with van der Waals surface area (Å²) in [7, 11) is 0. The highest BCUT2D eigenvalue weighted by Gasteiger charge is 2.20. The van der Waals surface area contributed by atoms with Crippen molar-refractivity contribution in [3.63, 3.8) is 0 Å². The predicted molar refractivity (Wildman–Crippen MR) is 71.8 cm³/mol. The van der Waals surface area contributed by atoms with E-state index < -0.39 is 0 Å². The second-order valence-electron chi connectivity index (χ2n) is 5.77. The number of carbonyl (C=O) groups excluding carboxylic acids is 1. The van der Waals surface area contributed by atoms with E-state index in [0.29, 0.717) is 31.3 Å². The minimum absolute atomic E-state index is 0.245. The summed E-state index contributed by atoms with van der Waals surface area (Å²) in [4.78, 5) is 11.2. The normalized spacial score (nSPS) is 22.2. The van der Waals surface area contributed by atoms with E-state index in [1.54, 1.807) is 0 Å². The van der Waals surface area contributed by atoms with Gasteiger partial charge in [0.15, 0.2) is 0 Å². The Kier molecular flexibility index (Phi) is 3.97. The van der Waals surface area contributed by atoms with Crippen LogP contribution in [0.4, 0.5) is 0 Å². The van der Waals surface area contributed by atoms with E-state index in [1.165, 1.54) is 25.7 Å². The number of Topliss-reactive ketones (excluding diaryl/α,β-unsaturated/α-hetero) is 1. The van der Waals surface area contributed by atoms with Crippen molar-refractivity contribution in [2.45, 2.75) is 70.1 Å². The molecule has 0 aliphatic heterocycles. The number of carbonyl (C=O) groups is 1. The van der Waals surface area contributed by atoms with Crippen LogP contribution in [0, 0.1) is 0 Å². The molecule has 1 heterocycles. The van der Waals surface area contributed by atoms with E-state index in [9.17, 15) is 4.79 Å². The first-order chi connectivity index (χ1) is 9.31. The van der Waals surface area contributed by atoms with Crippen LogP contribution in [0.25, 0.3) is 0 Å². The molecule has 1 aromatic rings. The lowest BCUT2D eigenvalue weighted by Crippen LogP contribution is -2.21. The van der Waals surface area contributed by atoms with Crippen LogP contribution < -0.4 is 0 Å². The van der Waals surface area contributed by atoms with Gasteiger partial charge in [0.05, 0.1) is 24.4 Å². The number of aromatic nitrogens is 2. The summed E-state index contributed by atoms with van der Waals surface area (Å²) in [6, 6.07) is 2.66. The highest BCUT2D eigenvalue weighted by Crippen LogP contribution is 2.28. The zero-order valence-electron chi connectivity index (χ0n) is 11.4. The van der Waals surface area contributed by atoms with Crippen LogP contribution >= 0.6 is 0 Å². The van der Waals surface area contributed by atoms with Gasteiger partial charge in [-0.05, 0) is 31.7 Å². The third-order valence-electron chi connectivity index (χ3n) is 4.32. The van der Waals surface area contributed by atoms with Crippen LogP contribution in [0.5, 0.6) is 0 Å². The van der Waals surface area contributed by atoms with Crippen molar-refractivity contribution < 1.29 is 9.53 Å². The van der Waals surface area contributed by atoms with Gasteiger partial charge in [0.25, 0.3) is 0 Å². The van der Waals surface area contributed by atoms with Crippen LogP contribution in [-0.2, 0) is 16.1 Å². The minimum atomic E-state index is 0.245. The largest absolute Gasteiger partial charge is 0.372 e. The molecule has 0 N–H and O–H groups in total. The molecule has 0 bridgehead atoms. The fourth-order valence-electron chi connectivity index (χ4n) is 3.11. The maximum atomic E-state index is 11.2. The Hall–Kier alpha value is -1.16. The van der Waals surface area contributed by atoms with Crippen molar-refractivity contribution in [3.8, 4) is 0 Å². The van der Waals surface area contributed by atoms with Crippen LogP contribution in [0.1, 0.15) is 63.1 Å². The van der Waals surface area contributed by atoms with Gasteiger partial charge in [-0.15, -0.1) is 0 Å². The number of nitrogens with zero attached hydrogens (tertiary/aromatic N) is 2. The summed E-state index contributed by atoms with van der Waals surface area (Å²) in [5.41, 5.74) is 1.02. The third-order valence-corrected chi connectivity index (χ3v) is 4.32. The molecule has 0 atom stereocenters. The molecule has 0 radical (unpaired) electrons.